The number of ether oxygens (including phenoxy) is 2. The molecule has 0 aliphatic carbocycles. The molecule has 0 radical (unpaired) electrons. The topological polar surface area (TPSA) is 112 Å². The van der Waals surface area contributed by atoms with Crippen molar-refractivity contribution >= 4 is 19.8 Å². The van der Waals surface area contributed by atoms with Gasteiger partial charge in [0.15, 0.2) is 6.10 Å². The summed E-state index contributed by atoms with van der Waals surface area (Å²) in [6, 6.07) is 0. The minimum Gasteiger partial charge on any atom is -0.462 e. The Bertz CT molecular complexity index is 1060. The Balaban J connectivity index is 4.11. The highest BCUT2D eigenvalue weighted by molar-refractivity contribution is 7.47. The number of likely N-dealkylation sites (N-methyl/N-ethyl adjacent to an activating group) is 1. The zero-order valence-electron chi connectivity index (χ0n) is 42.0. The van der Waals surface area contributed by atoms with Crippen LogP contribution >= 0.6 is 7.82 Å². The Morgan fingerprint density at radius 3 is 1.17 bits per heavy atom. The highest BCUT2D eigenvalue weighted by Gasteiger charge is 2.26. The van der Waals surface area contributed by atoms with Gasteiger partial charge in [-0.25, -0.2) is 4.57 Å². The largest absolute Gasteiger partial charge is 0.472 e. The number of esters is 2. The molecular formula is C53H104NO8P. The third kappa shape index (κ3) is 50.0. The van der Waals surface area contributed by atoms with Crippen LogP contribution in [0.3, 0.4) is 0 Å². The molecule has 0 saturated carbocycles. The van der Waals surface area contributed by atoms with Gasteiger partial charge < -0.3 is 19.3 Å². The molecule has 0 aliphatic heterocycles. The lowest BCUT2D eigenvalue weighted by atomic mass is 10.0. The zero-order valence-corrected chi connectivity index (χ0v) is 42.9. The molecule has 0 aromatic heterocycles. The van der Waals surface area contributed by atoms with Crippen molar-refractivity contribution in [2.45, 2.75) is 277 Å². The summed E-state index contributed by atoms with van der Waals surface area (Å²) in [5.74, 6) is -0.787. The number of rotatable bonds is 51. The fourth-order valence-corrected chi connectivity index (χ4v) is 8.66. The van der Waals surface area contributed by atoms with E-state index in [-0.39, 0.29) is 25.6 Å². The molecule has 0 saturated heterocycles. The number of allylic oxidation sites excluding steroid dienone is 2. The SMILES string of the molecule is CCCCCCCC/C=C\CCCCCCCCCCCC(=O)OC(COC(=O)CCCCCCCCCCCCCCCCCCCCCCC)COP(=O)(O)OCCN(C)C. The maximum absolute atomic E-state index is 12.7. The van der Waals surface area contributed by atoms with E-state index in [9.17, 15) is 19.0 Å². The van der Waals surface area contributed by atoms with Gasteiger partial charge in [-0.2, -0.15) is 0 Å². The van der Waals surface area contributed by atoms with Crippen LogP contribution < -0.4 is 0 Å². The van der Waals surface area contributed by atoms with E-state index < -0.39 is 26.5 Å². The Labute approximate surface area is 390 Å². The Kier molecular flexibility index (Phi) is 47.7. The van der Waals surface area contributed by atoms with Gasteiger partial charge in [0.05, 0.1) is 13.2 Å². The van der Waals surface area contributed by atoms with Crippen molar-refractivity contribution in [2.24, 2.45) is 0 Å². The first kappa shape index (κ1) is 61.8. The molecule has 9 nitrogen and oxygen atoms in total. The highest BCUT2D eigenvalue weighted by Crippen LogP contribution is 2.43. The standard InChI is InChI=1S/C53H104NO8P/c1-5-7-9-11-13-15-17-19-21-23-25-26-28-29-31-33-35-37-39-41-43-45-52(55)59-49-51(50-61-63(57,58)60-48-47-54(3)4)62-53(56)46-44-42-40-38-36-34-32-30-27-24-22-20-18-16-14-12-10-8-6-2/h20,22,51H,5-19,21,23-50H2,1-4H3,(H,57,58)/b22-20-. The molecular weight excluding hydrogens is 810 g/mol. The van der Waals surface area contributed by atoms with Crippen LogP contribution in [0.5, 0.6) is 0 Å². The molecule has 1 N–H and O–H groups in total. The molecule has 0 spiro atoms. The van der Waals surface area contributed by atoms with Crippen LogP contribution in [0.15, 0.2) is 12.2 Å². The maximum Gasteiger partial charge on any atom is 0.472 e. The van der Waals surface area contributed by atoms with E-state index in [4.69, 9.17) is 18.5 Å². The number of carbonyl (C=O) groups is 2. The van der Waals surface area contributed by atoms with Gasteiger partial charge in [-0.05, 0) is 52.6 Å². The van der Waals surface area contributed by atoms with Gasteiger partial charge in [-0.1, -0.05) is 231 Å². The zero-order chi connectivity index (χ0) is 46.2. The molecule has 0 aliphatic rings. The Hall–Kier alpha value is -1.25. The molecule has 2 unspecified atom stereocenters. The third-order valence-electron chi connectivity index (χ3n) is 12.1. The van der Waals surface area contributed by atoms with Gasteiger partial charge in [-0.3, -0.25) is 18.6 Å². The molecule has 2 atom stereocenters. The summed E-state index contributed by atoms with van der Waals surface area (Å²) >= 11 is 0. The van der Waals surface area contributed by atoms with Crippen molar-refractivity contribution < 1.29 is 37.6 Å². The van der Waals surface area contributed by atoms with Gasteiger partial charge in [0.1, 0.15) is 6.61 Å². The van der Waals surface area contributed by atoms with E-state index in [1.165, 1.54) is 205 Å². The molecule has 0 aromatic rings. The van der Waals surface area contributed by atoms with Crippen LogP contribution in [0.25, 0.3) is 0 Å². The smallest absolute Gasteiger partial charge is 0.462 e. The molecule has 374 valence electrons. The quantitative estimate of drug-likeness (QED) is 0.0276. The molecule has 0 aromatic carbocycles. The Morgan fingerprint density at radius 1 is 0.476 bits per heavy atom. The highest BCUT2D eigenvalue weighted by atomic mass is 31.2. The van der Waals surface area contributed by atoms with E-state index in [0.29, 0.717) is 19.4 Å². The van der Waals surface area contributed by atoms with Crippen LogP contribution in [0.4, 0.5) is 0 Å². The number of phosphoric acid groups is 1. The first-order chi connectivity index (χ1) is 30.7. The first-order valence-electron chi connectivity index (χ1n) is 27.0. The summed E-state index contributed by atoms with van der Waals surface area (Å²) in [5, 5.41) is 0. The van der Waals surface area contributed by atoms with Crippen LogP contribution in [0.1, 0.15) is 271 Å². The second-order valence-corrected chi connectivity index (χ2v) is 20.2. The molecule has 0 fully saturated rings. The van der Waals surface area contributed by atoms with E-state index in [0.717, 1.165) is 32.1 Å². The van der Waals surface area contributed by atoms with E-state index in [1.807, 2.05) is 19.0 Å². The average molecular weight is 914 g/mol. The van der Waals surface area contributed by atoms with Gasteiger partial charge in [0.2, 0.25) is 0 Å². The first-order valence-corrected chi connectivity index (χ1v) is 28.5. The summed E-state index contributed by atoms with van der Waals surface area (Å²) < 4.78 is 33.7. The van der Waals surface area contributed by atoms with E-state index >= 15 is 0 Å². The van der Waals surface area contributed by atoms with Crippen molar-refractivity contribution in [3.8, 4) is 0 Å². The van der Waals surface area contributed by atoms with Crippen molar-refractivity contribution in [2.75, 3.05) is 40.5 Å². The van der Waals surface area contributed by atoms with Gasteiger partial charge in [0.25, 0.3) is 0 Å². The lowest BCUT2D eigenvalue weighted by Crippen LogP contribution is -2.29. The molecule has 0 rings (SSSR count). The van der Waals surface area contributed by atoms with Crippen LogP contribution in [0.2, 0.25) is 0 Å². The second-order valence-electron chi connectivity index (χ2n) is 18.8. The van der Waals surface area contributed by atoms with Crippen molar-refractivity contribution in [1.82, 2.24) is 4.90 Å². The molecule has 0 amide bonds. The number of phosphoric ester groups is 1. The summed E-state index contributed by atoms with van der Waals surface area (Å²) in [6.45, 7) is 4.38. The number of carbonyl (C=O) groups excluding carboxylic acids is 2. The monoisotopic (exact) mass is 914 g/mol. The minimum atomic E-state index is -4.36. The summed E-state index contributed by atoms with van der Waals surface area (Å²) in [5.41, 5.74) is 0. The summed E-state index contributed by atoms with van der Waals surface area (Å²) in [7, 11) is -0.701. The van der Waals surface area contributed by atoms with Crippen LogP contribution in [-0.2, 0) is 32.7 Å². The average Bonchev–Trinajstić information content (AvgIpc) is 3.25. The normalized spacial score (nSPS) is 13.2. The fraction of sp³-hybridized carbons (Fsp3) is 0.925. The predicted molar refractivity (Wildman–Crippen MR) is 266 cm³/mol. The van der Waals surface area contributed by atoms with E-state index in [1.54, 1.807) is 0 Å². The van der Waals surface area contributed by atoms with Crippen LogP contribution in [0, 0.1) is 0 Å². The Morgan fingerprint density at radius 2 is 0.810 bits per heavy atom. The van der Waals surface area contributed by atoms with Crippen molar-refractivity contribution in [3.05, 3.63) is 12.2 Å². The molecule has 0 bridgehead atoms. The van der Waals surface area contributed by atoms with Gasteiger partial charge >= 0.3 is 19.8 Å². The molecule has 63 heavy (non-hydrogen) atoms. The van der Waals surface area contributed by atoms with Crippen LogP contribution in [-0.4, -0.2) is 68.3 Å². The van der Waals surface area contributed by atoms with Gasteiger partial charge in [0, 0.05) is 19.4 Å². The van der Waals surface area contributed by atoms with E-state index in [2.05, 4.69) is 26.0 Å². The lowest BCUT2D eigenvalue weighted by molar-refractivity contribution is -0.161. The predicted octanol–water partition coefficient (Wildman–Crippen LogP) is 16.3. The fourth-order valence-electron chi connectivity index (χ4n) is 7.92. The minimum absolute atomic E-state index is 0.0106. The maximum atomic E-state index is 12.7. The lowest BCUT2D eigenvalue weighted by Gasteiger charge is -2.20. The molecule has 10 heteroatoms. The number of hydrogen-bond donors (Lipinski definition) is 1. The van der Waals surface area contributed by atoms with Gasteiger partial charge in [-0.15, -0.1) is 0 Å². The number of unbranched alkanes of at least 4 members (excludes halogenated alkanes) is 35. The van der Waals surface area contributed by atoms with Crippen molar-refractivity contribution in [3.63, 3.8) is 0 Å². The second kappa shape index (κ2) is 48.7. The molecule has 0 heterocycles. The summed E-state index contributed by atoms with van der Waals surface area (Å²) in [4.78, 5) is 37.3. The summed E-state index contributed by atoms with van der Waals surface area (Å²) in [6.07, 6.45) is 52.6. The number of hydrogen-bond acceptors (Lipinski definition) is 8. The third-order valence-corrected chi connectivity index (χ3v) is 13.1. The number of nitrogens with zero attached hydrogens (tertiary/aromatic N) is 1. The van der Waals surface area contributed by atoms with Crippen molar-refractivity contribution in [1.29, 1.82) is 0 Å².